The standard InChI is InChI=1S/C15H24O2.C13H8N2O/c1-12(2)7-5-8-13(3)9-6-10-14(4)11-15(16)17;16-13-11-7-2-1-5-9(11)10-6-3-4-8-12(10)14-15-13/h7,9,11H,5-6,8,10H2,1-4H3,(H,16,17);1-8H. The minimum Gasteiger partial charge on any atom is -0.478 e. The molecule has 0 unspecified atom stereocenters. The molecule has 5 nitrogen and oxygen atoms in total. The first-order valence-electron chi connectivity index (χ1n) is 11.1. The van der Waals surface area contributed by atoms with Crippen LogP contribution in [0.15, 0.2) is 88.3 Å². The largest absolute Gasteiger partial charge is 0.478 e. The molecule has 0 bridgehead atoms. The predicted octanol–water partition coefficient (Wildman–Crippen LogP) is 6.63. The van der Waals surface area contributed by atoms with Gasteiger partial charge in [0.2, 0.25) is 0 Å². The van der Waals surface area contributed by atoms with Crippen molar-refractivity contribution in [3.8, 4) is 0 Å². The lowest BCUT2D eigenvalue weighted by atomic mass is 10.1. The maximum atomic E-state index is 11.7. The zero-order valence-electron chi connectivity index (χ0n) is 19.8. The first-order valence-corrected chi connectivity index (χ1v) is 11.1. The minimum absolute atomic E-state index is 0.285. The summed E-state index contributed by atoms with van der Waals surface area (Å²) in [4.78, 5) is 22.1. The number of rotatable bonds is 7. The summed E-state index contributed by atoms with van der Waals surface area (Å²) in [6.45, 7) is 8.22. The highest BCUT2D eigenvalue weighted by Gasteiger charge is 2.02. The van der Waals surface area contributed by atoms with Crippen LogP contribution in [0, 0.1) is 0 Å². The van der Waals surface area contributed by atoms with Gasteiger partial charge in [-0.2, -0.15) is 0 Å². The smallest absolute Gasteiger partial charge is 0.328 e. The first kappa shape index (κ1) is 25.7. The van der Waals surface area contributed by atoms with Crippen LogP contribution in [0.4, 0.5) is 0 Å². The molecule has 0 fully saturated rings. The minimum atomic E-state index is -0.855. The number of benzene rings is 2. The van der Waals surface area contributed by atoms with Gasteiger partial charge in [-0.05, 0) is 70.9 Å². The van der Waals surface area contributed by atoms with Crippen molar-refractivity contribution < 1.29 is 9.90 Å². The summed E-state index contributed by atoms with van der Waals surface area (Å²) in [6, 6.07) is 15.1. The van der Waals surface area contributed by atoms with E-state index in [0.717, 1.165) is 47.5 Å². The lowest BCUT2D eigenvalue weighted by Crippen LogP contribution is -2.02. The van der Waals surface area contributed by atoms with Crippen molar-refractivity contribution in [3.63, 3.8) is 0 Å². The van der Waals surface area contributed by atoms with E-state index in [4.69, 9.17) is 5.11 Å². The summed E-state index contributed by atoms with van der Waals surface area (Å²) in [6.07, 6.45) is 9.67. The van der Waals surface area contributed by atoms with Gasteiger partial charge in [0.25, 0.3) is 5.56 Å². The number of aliphatic carboxylic acids is 1. The van der Waals surface area contributed by atoms with Crippen LogP contribution in [0.5, 0.6) is 0 Å². The van der Waals surface area contributed by atoms with Crippen LogP contribution in [0.2, 0.25) is 0 Å². The van der Waals surface area contributed by atoms with Gasteiger partial charge >= 0.3 is 5.97 Å². The van der Waals surface area contributed by atoms with Gasteiger partial charge in [0.1, 0.15) is 0 Å². The molecule has 1 aromatic heterocycles. The molecule has 0 radical (unpaired) electrons. The first-order chi connectivity index (χ1) is 15.8. The molecule has 3 rings (SSSR count). The molecule has 0 spiro atoms. The molecule has 0 aliphatic carbocycles. The molecular formula is C28H32N2O3. The van der Waals surface area contributed by atoms with Crippen LogP contribution in [-0.2, 0) is 4.79 Å². The average Bonchev–Trinajstić information content (AvgIpc) is 2.91. The molecule has 5 heteroatoms. The van der Waals surface area contributed by atoms with E-state index in [1.165, 1.54) is 17.2 Å². The number of hydrogen-bond donors (Lipinski definition) is 1. The lowest BCUT2D eigenvalue weighted by molar-refractivity contribution is -0.131. The van der Waals surface area contributed by atoms with Crippen LogP contribution in [0.1, 0.15) is 53.4 Å². The van der Waals surface area contributed by atoms with E-state index in [2.05, 4.69) is 43.1 Å². The molecule has 0 saturated heterocycles. The summed E-state index contributed by atoms with van der Waals surface area (Å²) in [5, 5.41) is 18.7. The van der Waals surface area contributed by atoms with Crippen molar-refractivity contribution >= 4 is 27.6 Å². The maximum Gasteiger partial charge on any atom is 0.328 e. The molecule has 1 N–H and O–H groups in total. The monoisotopic (exact) mass is 444 g/mol. The lowest BCUT2D eigenvalue weighted by Gasteiger charge is -2.00. The highest BCUT2D eigenvalue weighted by atomic mass is 16.4. The van der Waals surface area contributed by atoms with Crippen molar-refractivity contribution in [2.75, 3.05) is 0 Å². The second kappa shape index (κ2) is 13.1. The second-order valence-corrected chi connectivity index (χ2v) is 8.31. The molecule has 1 heterocycles. The summed E-state index contributed by atoms with van der Waals surface area (Å²) < 4.78 is 0. The Labute approximate surface area is 195 Å². The Kier molecular flexibility index (Phi) is 10.2. The van der Waals surface area contributed by atoms with Crippen LogP contribution in [0.3, 0.4) is 0 Å². The van der Waals surface area contributed by atoms with Crippen molar-refractivity contribution in [2.45, 2.75) is 53.4 Å². The number of fused-ring (bicyclic) bond motifs is 3. The summed E-state index contributed by atoms with van der Waals surface area (Å²) in [5.74, 6) is -0.855. The van der Waals surface area contributed by atoms with Gasteiger partial charge in [0.05, 0.1) is 10.9 Å². The fourth-order valence-electron chi connectivity index (χ4n) is 3.37. The van der Waals surface area contributed by atoms with E-state index >= 15 is 0 Å². The topological polar surface area (TPSA) is 80.1 Å². The molecule has 0 aliphatic heterocycles. The van der Waals surface area contributed by atoms with Crippen molar-refractivity contribution in [3.05, 3.63) is 93.8 Å². The van der Waals surface area contributed by atoms with Gasteiger partial charge in [0, 0.05) is 11.5 Å². The van der Waals surface area contributed by atoms with Crippen molar-refractivity contribution in [2.24, 2.45) is 0 Å². The third kappa shape index (κ3) is 8.81. The zero-order chi connectivity index (χ0) is 24.2. The Morgan fingerprint density at radius 2 is 1.36 bits per heavy atom. The fourth-order valence-corrected chi connectivity index (χ4v) is 3.37. The molecule has 0 aliphatic rings. The molecular weight excluding hydrogens is 412 g/mol. The molecule has 0 saturated carbocycles. The highest BCUT2D eigenvalue weighted by Crippen LogP contribution is 2.18. The van der Waals surface area contributed by atoms with Crippen LogP contribution in [0.25, 0.3) is 21.7 Å². The van der Waals surface area contributed by atoms with Gasteiger partial charge < -0.3 is 5.11 Å². The number of nitrogens with zero attached hydrogens (tertiary/aromatic N) is 2. The SMILES string of the molecule is CC(C)=CCCC(C)=CCCC(C)=CC(=O)O.O=c1nnc2ccccc2c2ccccc12. The number of hydrogen-bond acceptors (Lipinski definition) is 4. The normalized spacial score (nSPS) is 11.6. The van der Waals surface area contributed by atoms with Gasteiger partial charge in [-0.25, -0.2) is 4.79 Å². The molecule has 2 aromatic carbocycles. The number of carboxylic acids is 1. The Morgan fingerprint density at radius 1 is 0.788 bits per heavy atom. The Bertz CT molecular complexity index is 1250. The van der Waals surface area contributed by atoms with Crippen molar-refractivity contribution in [1.29, 1.82) is 0 Å². The average molecular weight is 445 g/mol. The van der Waals surface area contributed by atoms with Gasteiger partial charge in [-0.3, -0.25) is 4.79 Å². The van der Waals surface area contributed by atoms with E-state index in [-0.39, 0.29) is 5.56 Å². The van der Waals surface area contributed by atoms with E-state index < -0.39 is 5.97 Å². The summed E-state index contributed by atoms with van der Waals surface area (Å²) in [5.41, 5.74) is 4.11. The van der Waals surface area contributed by atoms with E-state index in [0.29, 0.717) is 5.39 Å². The van der Waals surface area contributed by atoms with Crippen LogP contribution in [-0.4, -0.2) is 21.3 Å². The maximum absolute atomic E-state index is 11.7. The zero-order valence-corrected chi connectivity index (χ0v) is 19.8. The third-order valence-electron chi connectivity index (χ3n) is 5.09. The van der Waals surface area contributed by atoms with Gasteiger partial charge in [-0.15, -0.1) is 10.2 Å². The number of aromatic nitrogens is 2. The van der Waals surface area contributed by atoms with Gasteiger partial charge in [0.15, 0.2) is 0 Å². The number of allylic oxidation sites excluding steroid dienone is 5. The van der Waals surface area contributed by atoms with E-state index in [1.54, 1.807) is 6.07 Å². The third-order valence-corrected chi connectivity index (χ3v) is 5.09. The van der Waals surface area contributed by atoms with Crippen LogP contribution >= 0.6 is 0 Å². The summed E-state index contributed by atoms with van der Waals surface area (Å²) >= 11 is 0. The van der Waals surface area contributed by atoms with E-state index in [1.807, 2.05) is 49.4 Å². The van der Waals surface area contributed by atoms with E-state index in [9.17, 15) is 9.59 Å². The highest BCUT2D eigenvalue weighted by molar-refractivity contribution is 6.03. The Hall–Kier alpha value is -3.60. The number of carboxylic acid groups (broad SMARTS) is 1. The van der Waals surface area contributed by atoms with Gasteiger partial charge in [-0.1, -0.05) is 65.3 Å². The second-order valence-electron chi connectivity index (χ2n) is 8.31. The Balaban J connectivity index is 0.000000233. The Morgan fingerprint density at radius 3 is 2.03 bits per heavy atom. The van der Waals surface area contributed by atoms with Crippen molar-refractivity contribution in [1.82, 2.24) is 10.2 Å². The number of carbonyl (C=O) groups is 1. The molecule has 172 valence electrons. The molecule has 3 aromatic rings. The molecule has 33 heavy (non-hydrogen) atoms. The predicted molar refractivity (Wildman–Crippen MR) is 136 cm³/mol. The fraction of sp³-hybridized carbons (Fsp3) is 0.286. The molecule has 0 atom stereocenters. The van der Waals surface area contributed by atoms with Crippen LogP contribution < -0.4 is 5.56 Å². The molecule has 0 amide bonds. The quantitative estimate of drug-likeness (QED) is 0.327. The summed E-state index contributed by atoms with van der Waals surface area (Å²) in [7, 11) is 0.